The van der Waals surface area contributed by atoms with E-state index in [0.717, 1.165) is 10.7 Å². The molecule has 31 heavy (non-hydrogen) atoms. The summed E-state index contributed by atoms with van der Waals surface area (Å²) in [5.41, 5.74) is 0.472. The van der Waals surface area contributed by atoms with Crippen LogP contribution in [0.2, 0.25) is 0 Å². The standard InChI is InChI=1S/C20H26N4O4S3/c1-13-11-23(18(26)16-12-29-20(2)9-8-17(25)24(16)20)19(30-13)21-14-6-5-7-15(10-14)31(27,28)22(3)4/h5-7,10,13,16H,8-9,11-12H2,1-4H3. The first-order valence-corrected chi connectivity index (χ1v) is 13.4. The fourth-order valence-electron chi connectivity index (χ4n) is 4.11. The molecule has 0 spiro atoms. The number of amides is 2. The Labute approximate surface area is 191 Å². The highest BCUT2D eigenvalue weighted by molar-refractivity contribution is 8.14. The molecule has 0 radical (unpaired) electrons. The number of benzene rings is 1. The van der Waals surface area contributed by atoms with Crippen LogP contribution in [0.4, 0.5) is 5.69 Å². The summed E-state index contributed by atoms with van der Waals surface area (Å²) in [6.07, 6.45) is 1.24. The summed E-state index contributed by atoms with van der Waals surface area (Å²) in [6.45, 7) is 4.57. The van der Waals surface area contributed by atoms with Crippen LogP contribution in [0.1, 0.15) is 26.7 Å². The van der Waals surface area contributed by atoms with Crippen LogP contribution in [0, 0.1) is 0 Å². The summed E-state index contributed by atoms with van der Waals surface area (Å²) in [6, 6.07) is 5.93. The Morgan fingerprint density at radius 1 is 1.32 bits per heavy atom. The maximum Gasteiger partial charge on any atom is 0.252 e. The highest BCUT2D eigenvalue weighted by Gasteiger charge is 2.54. The van der Waals surface area contributed by atoms with Crippen LogP contribution < -0.4 is 0 Å². The smallest absolute Gasteiger partial charge is 0.252 e. The van der Waals surface area contributed by atoms with Gasteiger partial charge >= 0.3 is 0 Å². The fraction of sp³-hybridized carbons (Fsp3) is 0.550. The molecule has 8 nitrogen and oxygen atoms in total. The second kappa shape index (κ2) is 8.09. The number of carbonyl (C=O) groups excluding carboxylic acids is 2. The van der Waals surface area contributed by atoms with Crippen molar-refractivity contribution in [3.05, 3.63) is 24.3 Å². The first-order chi connectivity index (χ1) is 14.5. The summed E-state index contributed by atoms with van der Waals surface area (Å²) in [5, 5.41) is 0.702. The molecule has 4 rings (SSSR count). The van der Waals surface area contributed by atoms with Gasteiger partial charge in [-0.15, -0.1) is 11.8 Å². The molecule has 168 valence electrons. The number of amidine groups is 1. The predicted octanol–water partition coefficient (Wildman–Crippen LogP) is 2.34. The van der Waals surface area contributed by atoms with E-state index < -0.39 is 16.1 Å². The molecular weight excluding hydrogens is 456 g/mol. The third-order valence-electron chi connectivity index (χ3n) is 5.79. The van der Waals surface area contributed by atoms with Gasteiger partial charge in [-0.2, -0.15) is 0 Å². The molecule has 1 aromatic rings. The lowest BCUT2D eigenvalue weighted by molar-refractivity contribution is -0.141. The monoisotopic (exact) mass is 482 g/mol. The maximum atomic E-state index is 13.5. The van der Waals surface area contributed by atoms with E-state index in [0.29, 0.717) is 29.6 Å². The zero-order valence-corrected chi connectivity index (χ0v) is 20.4. The van der Waals surface area contributed by atoms with Gasteiger partial charge < -0.3 is 4.90 Å². The number of sulfonamides is 1. The molecule has 3 fully saturated rings. The van der Waals surface area contributed by atoms with Crippen molar-refractivity contribution in [1.29, 1.82) is 0 Å². The molecule has 0 aromatic heterocycles. The minimum Gasteiger partial charge on any atom is -0.315 e. The molecule has 3 aliphatic rings. The topological polar surface area (TPSA) is 90.4 Å². The number of thioether (sulfide) groups is 2. The zero-order chi connectivity index (χ0) is 22.6. The average molecular weight is 483 g/mol. The van der Waals surface area contributed by atoms with Gasteiger partial charge in [-0.25, -0.2) is 17.7 Å². The van der Waals surface area contributed by atoms with Crippen molar-refractivity contribution in [3.8, 4) is 0 Å². The summed E-state index contributed by atoms with van der Waals surface area (Å²) < 4.78 is 26.1. The number of hydrogen-bond donors (Lipinski definition) is 0. The lowest BCUT2D eigenvalue weighted by atomic mass is 10.2. The minimum atomic E-state index is -3.58. The third-order valence-corrected chi connectivity index (χ3v) is 10.2. The molecule has 0 aliphatic carbocycles. The van der Waals surface area contributed by atoms with Gasteiger partial charge in [0.05, 0.1) is 15.5 Å². The van der Waals surface area contributed by atoms with Crippen molar-refractivity contribution < 1.29 is 18.0 Å². The number of carbonyl (C=O) groups is 2. The number of nitrogens with zero attached hydrogens (tertiary/aromatic N) is 4. The second-order valence-corrected chi connectivity index (χ2v) is 13.4. The second-order valence-electron chi connectivity index (χ2n) is 8.32. The van der Waals surface area contributed by atoms with Crippen molar-refractivity contribution in [2.75, 3.05) is 26.4 Å². The molecule has 0 bridgehead atoms. The van der Waals surface area contributed by atoms with E-state index >= 15 is 0 Å². The first-order valence-electron chi connectivity index (χ1n) is 10.1. The molecule has 0 saturated carbocycles. The van der Waals surface area contributed by atoms with E-state index in [1.165, 1.54) is 38.0 Å². The van der Waals surface area contributed by atoms with Crippen molar-refractivity contribution >= 4 is 56.2 Å². The molecule has 3 heterocycles. The zero-order valence-electron chi connectivity index (χ0n) is 17.9. The van der Waals surface area contributed by atoms with Gasteiger partial charge in [0, 0.05) is 38.1 Å². The van der Waals surface area contributed by atoms with Gasteiger partial charge in [0.25, 0.3) is 5.91 Å². The molecular formula is C20H26N4O4S3. The van der Waals surface area contributed by atoms with E-state index in [-0.39, 0.29) is 26.8 Å². The van der Waals surface area contributed by atoms with Crippen LogP contribution in [-0.4, -0.2) is 82.1 Å². The van der Waals surface area contributed by atoms with E-state index in [1.54, 1.807) is 33.7 Å². The Kier molecular flexibility index (Phi) is 5.91. The van der Waals surface area contributed by atoms with Gasteiger partial charge in [0.2, 0.25) is 15.9 Å². The molecule has 3 atom stereocenters. The Morgan fingerprint density at radius 2 is 2.06 bits per heavy atom. The SMILES string of the molecule is CC1CN(C(=O)C2CSC3(C)CCC(=O)N23)C(=Nc2cccc(S(=O)(=O)N(C)C)c2)S1. The van der Waals surface area contributed by atoms with Crippen LogP contribution in [0.25, 0.3) is 0 Å². The molecule has 11 heteroatoms. The lowest BCUT2D eigenvalue weighted by Gasteiger charge is -2.31. The lowest BCUT2D eigenvalue weighted by Crippen LogP contribution is -2.51. The van der Waals surface area contributed by atoms with Gasteiger partial charge in [-0.3, -0.25) is 14.5 Å². The van der Waals surface area contributed by atoms with Gasteiger partial charge in [-0.05, 0) is 31.5 Å². The van der Waals surface area contributed by atoms with E-state index in [1.807, 2.05) is 13.8 Å². The average Bonchev–Trinajstić information content (AvgIpc) is 3.34. The molecule has 0 N–H and O–H groups in total. The Bertz CT molecular complexity index is 1060. The van der Waals surface area contributed by atoms with Crippen molar-refractivity contribution in [2.45, 2.75) is 47.7 Å². The predicted molar refractivity (Wildman–Crippen MR) is 124 cm³/mol. The largest absolute Gasteiger partial charge is 0.315 e. The van der Waals surface area contributed by atoms with Gasteiger partial charge in [0.1, 0.15) is 6.04 Å². The Balaban J connectivity index is 1.63. The van der Waals surface area contributed by atoms with E-state index in [2.05, 4.69) is 4.99 Å². The minimum absolute atomic E-state index is 0.0332. The number of hydrogen-bond acceptors (Lipinski definition) is 7. The Hall–Kier alpha value is -1.56. The van der Waals surface area contributed by atoms with Crippen molar-refractivity contribution in [1.82, 2.24) is 14.1 Å². The van der Waals surface area contributed by atoms with Gasteiger partial charge in [0.15, 0.2) is 5.17 Å². The molecule has 2 amide bonds. The van der Waals surface area contributed by atoms with Crippen LogP contribution >= 0.6 is 23.5 Å². The van der Waals surface area contributed by atoms with E-state index in [9.17, 15) is 18.0 Å². The highest BCUT2D eigenvalue weighted by atomic mass is 32.2. The molecule has 3 aliphatic heterocycles. The summed E-state index contributed by atoms with van der Waals surface area (Å²) in [4.78, 5) is 33.8. The normalized spacial score (nSPS) is 30.0. The Morgan fingerprint density at radius 3 is 2.77 bits per heavy atom. The van der Waals surface area contributed by atoms with Crippen molar-refractivity contribution in [2.24, 2.45) is 4.99 Å². The molecule has 3 unspecified atom stereocenters. The van der Waals surface area contributed by atoms with Crippen LogP contribution in [0.5, 0.6) is 0 Å². The number of fused-ring (bicyclic) bond motifs is 1. The van der Waals surface area contributed by atoms with Crippen LogP contribution in [0.3, 0.4) is 0 Å². The quantitative estimate of drug-likeness (QED) is 0.654. The molecule has 1 aromatic carbocycles. The van der Waals surface area contributed by atoms with Crippen LogP contribution in [0.15, 0.2) is 34.2 Å². The highest BCUT2D eigenvalue weighted by Crippen LogP contribution is 2.48. The number of rotatable bonds is 4. The van der Waals surface area contributed by atoms with Gasteiger partial charge in [-0.1, -0.05) is 24.8 Å². The molecule has 3 saturated heterocycles. The summed E-state index contributed by atoms with van der Waals surface area (Å²) in [7, 11) is -0.616. The van der Waals surface area contributed by atoms with E-state index in [4.69, 9.17) is 0 Å². The fourth-order valence-corrected chi connectivity index (χ4v) is 7.50. The van der Waals surface area contributed by atoms with Crippen molar-refractivity contribution in [3.63, 3.8) is 0 Å². The summed E-state index contributed by atoms with van der Waals surface area (Å²) in [5.74, 6) is 0.505. The number of aliphatic imine (C=N–C) groups is 1. The summed E-state index contributed by atoms with van der Waals surface area (Å²) >= 11 is 3.15. The third kappa shape index (κ3) is 4.01. The maximum absolute atomic E-state index is 13.5. The van der Waals surface area contributed by atoms with Crippen LogP contribution in [-0.2, 0) is 19.6 Å². The first kappa shape index (κ1) is 22.6.